The van der Waals surface area contributed by atoms with E-state index in [4.69, 9.17) is 5.11 Å². The second kappa shape index (κ2) is 12.6. The van der Waals surface area contributed by atoms with E-state index >= 15 is 0 Å². The second-order valence-corrected chi connectivity index (χ2v) is 6.84. The molecule has 1 aliphatic rings. The van der Waals surface area contributed by atoms with Gasteiger partial charge in [0.15, 0.2) is 0 Å². The predicted molar refractivity (Wildman–Crippen MR) is 88.1 cm³/mol. The molecule has 1 atom stereocenters. The molecule has 1 saturated carbocycles. The lowest BCUT2D eigenvalue weighted by atomic mass is 9.97. The molecular weight excluding hydrogens is 246 g/mol. The quantitative estimate of drug-likeness (QED) is 0.695. The van der Waals surface area contributed by atoms with Gasteiger partial charge in [0.2, 0.25) is 0 Å². The number of hydrogen-bond acceptors (Lipinski definition) is 2. The highest BCUT2D eigenvalue weighted by atomic mass is 16.3. The van der Waals surface area contributed by atoms with Crippen molar-refractivity contribution in [2.75, 3.05) is 13.2 Å². The molecule has 0 aromatic heterocycles. The zero-order valence-electron chi connectivity index (χ0n) is 13.7. The van der Waals surface area contributed by atoms with Gasteiger partial charge in [0.1, 0.15) is 0 Å². The molecule has 2 heteroatoms. The van der Waals surface area contributed by atoms with Crippen LogP contribution in [0.5, 0.6) is 0 Å². The molecule has 0 amide bonds. The normalized spacial score (nSPS) is 21.9. The van der Waals surface area contributed by atoms with Crippen molar-refractivity contribution in [2.45, 2.75) is 96.4 Å². The summed E-state index contributed by atoms with van der Waals surface area (Å²) in [5.41, 5.74) is 0. The third-order valence-corrected chi connectivity index (χ3v) is 4.72. The van der Waals surface area contributed by atoms with Crippen LogP contribution in [0.1, 0.15) is 90.4 Å². The zero-order valence-corrected chi connectivity index (χ0v) is 13.7. The molecule has 2 nitrogen and oxygen atoms in total. The summed E-state index contributed by atoms with van der Waals surface area (Å²) in [7, 11) is 0. The summed E-state index contributed by atoms with van der Waals surface area (Å²) in [5, 5.41) is 12.8. The summed E-state index contributed by atoms with van der Waals surface area (Å²) in [5.74, 6) is 0.466. The minimum absolute atomic E-state index is 0.337. The molecule has 0 aromatic carbocycles. The van der Waals surface area contributed by atoms with Gasteiger partial charge < -0.3 is 10.4 Å². The Morgan fingerprint density at radius 3 is 1.90 bits per heavy atom. The first-order valence-electron chi connectivity index (χ1n) is 9.17. The van der Waals surface area contributed by atoms with Crippen LogP contribution in [0.15, 0.2) is 0 Å². The van der Waals surface area contributed by atoms with Gasteiger partial charge in [-0.05, 0) is 38.1 Å². The van der Waals surface area contributed by atoms with Gasteiger partial charge in [0.05, 0.1) is 0 Å². The van der Waals surface area contributed by atoms with Gasteiger partial charge in [0.25, 0.3) is 0 Å². The Hall–Kier alpha value is -0.0800. The summed E-state index contributed by atoms with van der Waals surface area (Å²) >= 11 is 0. The van der Waals surface area contributed by atoms with E-state index in [9.17, 15) is 0 Å². The molecule has 20 heavy (non-hydrogen) atoms. The van der Waals surface area contributed by atoms with E-state index < -0.39 is 0 Å². The van der Waals surface area contributed by atoms with Gasteiger partial charge in [-0.1, -0.05) is 64.7 Å². The van der Waals surface area contributed by atoms with Crippen molar-refractivity contribution in [2.24, 2.45) is 5.92 Å². The van der Waals surface area contributed by atoms with Crippen LogP contribution in [-0.4, -0.2) is 24.3 Å². The Morgan fingerprint density at radius 2 is 1.40 bits per heavy atom. The molecule has 0 bridgehead atoms. The number of aliphatic hydroxyl groups is 1. The van der Waals surface area contributed by atoms with Crippen molar-refractivity contribution >= 4 is 0 Å². The lowest BCUT2D eigenvalue weighted by Gasteiger charge is -2.20. The van der Waals surface area contributed by atoms with Crippen molar-refractivity contribution in [1.29, 1.82) is 0 Å². The smallest absolute Gasteiger partial charge is 0.0456 e. The highest BCUT2D eigenvalue weighted by Gasteiger charge is 2.09. The zero-order chi connectivity index (χ0) is 14.5. The molecule has 0 heterocycles. The van der Waals surface area contributed by atoms with E-state index in [1.807, 2.05) is 0 Å². The minimum Gasteiger partial charge on any atom is -0.396 e. The summed E-state index contributed by atoms with van der Waals surface area (Å²) in [6, 6.07) is 0.749. The van der Waals surface area contributed by atoms with Crippen molar-refractivity contribution < 1.29 is 5.11 Å². The average molecular weight is 284 g/mol. The molecule has 0 saturated heterocycles. The maximum Gasteiger partial charge on any atom is 0.0456 e. The highest BCUT2D eigenvalue weighted by molar-refractivity contribution is 4.68. The van der Waals surface area contributed by atoms with Gasteiger partial charge in [-0.3, -0.25) is 0 Å². The first kappa shape index (κ1) is 18.0. The molecule has 0 aromatic rings. The van der Waals surface area contributed by atoms with E-state index in [1.165, 1.54) is 77.0 Å². The first-order valence-corrected chi connectivity index (χ1v) is 9.17. The second-order valence-electron chi connectivity index (χ2n) is 6.84. The van der Waals surface area contributed by atoms with Crippen LogP contribution in [0, 0.1) is 5.92 Å². The number of rotatable bonds is 6. The van der Waals surface area contributed by atoms with Gasteiger partial charge in [-0.25, -0.2) is 0 Å². The minimum atomic E-state index is 0.337. The molecule has 0 aliphatic heterocycles. The largest absolute Gasteiger partial charge is 0.396 e. The van der Waals surface area contributed by atoms with Gasteiger partial charge in [-0.2, -0.15) is 0 Å². The molecule has 0 spiro atoms. The van der Waals surface area contributed by atoms with E-state index in [0.29, 0.717) is 12.5 Å². The topological polar surface area (TPSA) is 32.3 Å². The molecule has 120 valence electrons. The van der Waals surface area contributed by atoms with Crippen LogP contribution in [0.3, 0.4) is 0 Å². The number of nitrogens with one attached hydrogen (secondary N) is 1. The monoisotopic (exact) mass is 283 g/mol. The Labute approximate surface area is 126 Å². The lowest BCUT2D eigenvalue weighted by molar-refractivity contribution is 0.227. The molecule has 1 unspecified atom stereocenters. The van der Waals surface area contributed by atoms with Crippen molar-refractivity contribution in [3.05, 3.63) is 0 Å². The fourth-order valence-corrected chi connectivity index (χ4v) is 3.22. The van der Waals surface area contributed by atoms with Gasteiger partial charge in [0, 0.05) is 12.6 Å². The lowest BCUT2D eigenvalue weighted by Crippen LogP contribution is -2.30. The number of aliphatic hydroxyl groups excluding tert-OH is 1. The van der Waals surface area contributed by atoms with Crippen LogP contribution >= 0.6 is 0 Å². The maximum atomic E-state index is 9.04. The van der Waals surface area contributed by atoms with Gasteiger partial charge >= 0.3 is 0 Å². The average Bonchev–Trinajstić information content (AvgIpc) is 2.45. The molecule has 1 fully saturated rings. The molecule has 2 N–H and O–H groups in total. The highest BCUT2D eigenvalue weighted by Crippen LogP contribution is 2.17. The van der Waals surface area contributed by atoms with Crippen LogP contribution in [-0.2, 0) is 0 Å². The standard InChI is InChI=1S/C18H37NO/c1-17(16-20)12-11-15-19-18-13-9-7-5-3-2-4-6-8-10-14-18/h17-20H,2-16H2,1H3. The van der Waals surface area contributed by atoms with Crippen molar-refractivity contribution in [3.8, 4) is 0 Å². The molecule has 0 radical (unpaired) electrons. The molecular formula is C18H37NO. The molecule has 1 aliphatic carbocycles. The Morgan fingerprint density at radius 1 is 0.900 bits per heavy atom. The van der Waals surface area contributed by atoms with Crippen LogP contribution in [0.4, 0.5) is 0 Å². The van der Waals surface area contributed by atoms with Crippen LogP contribution in [0.25, 0.3) is 0 Å². The predicted octanol–water partition coefficient (Wildman–Crippen LogP) is 4.66. The number of hydrogen-bond donors (Lipinski definition) is 2. The third kappa shape index (κ3) is 9.77. The summed E-state index contributed by atoms with van der Waals surface area (Å²) in [6.07, 6.45) is 18.0. The summed E-state index contributed by atoms with van der Waals surface area (Å²) < 4.78 is 0. The van der Waals surface area contributed by atoms with Crippen LogP contribution in [0.2, 0.25) is 0 Å². The van der Waals surface area contributed by atoms with E-state index in [2.05, 4.69) is 12.2 Å². The molecule has 1 rings (SSSR count). The first-order chi connectivity index (χ1) is 9.83. The Kier molecular flexibility index (Phi) is 11.4. The summed E-state index contributed by atoms with van der Waals surface area (Å²) in [4.78, 5) is 0. The fourth-order valence-electron chi connectivity index (χ4n) is 3.22. The van der Waals surface area contributed by atoms with E-state index in [0.717, 1.165) is 19.0 Å². The van der Waals surface area contributed by atoms with E-state index in [-0.39, 0.29) is 0 Å². The SMILES string of the molecule is CC(CO)CCCNC1CCCCCCCCCCC1. The Bertz CT molecular complexity index is 196. The maximum absolute atomic E-state index is 9.04. The fraction of sp³-hybridized carbons (Fsp3) is 1.00. The van der Waals surface area contributed by atoms with Crippen LogP contribution < -0.4 is 5.32 Å². The Balaban J connectivity index is 2.14. The third-order valence-electron chi connectivity index (χ3n) is 4.72. The summed E-state index contributed by atoms with van der Waals surface area (Å²) in [6.45, 7) is 3.61. The van der Waals surface area contributed by atoms with E-state index in [1.54, 1.807) is 0 Å². The van der Waals surface area contributed by atoms with Crippen molar-refractivity contribution in [1.82, 2.24) is 5.32 Å². The van der Waals surface area contributed by atoms with Crippen molar-refractivity contribution in [3.63, 3.8) is 0 Å². The van der Waals surface area contributed by atoms with Gasteiger partial charge in [-0.15, -0.1) is 0 Å².